The summed E-state index contributed by atoms with van der Waals surface area (Å²) < 4.78 is 15.3. The molecule has 96 valence electrons. The van der Waals surface area contributed by atoms with Crippen molar-refractivity contribution in [1.82, 2.24) is 14.3 Å². The quantitative estimate of drug-likeness (QED) is 0.873. The molecule has 18 heavy (non-hydrogen) atoms. The number of nitrogens with two attached hydrogens (primary N) is 1. The molecule has 2 aromatic heterocycles. The first-order chi connectivity index (χ1) is 8.72. The number of imidazole rings is 1. The Balaban J connectivity index is 1.77. The first-order valence-electron chi connectivity index (χ1n) is 6.32. The molecule has 0 spiro atoms. The number of hydrogen-bond acceptors (Lipinski definition) is 3. The van der Waals surface area contributed by atoms with E-state index in [1.54, 1.807) is 10.5 Å². The van der Waals surface area contributed by atoms with E-state index in [1.165, 1.54) is 6.07 Å². The van der Waals surface area contributed by atoms with Gasteiger partial charge in [-0.25, -0.2) is 9.37 Å². The zero-order valence-electron chi connectivity index (χ0n) is 10.2. The summed E-state index contributed by atoms with van der Waals surface area (Å²) in [5.74, 6) is -0.274. The molecular formula is C13H17FN4. The molecule has 0 amide bonds. The van der Waals surface area contributed by atoms with Gasteiger partial charge in [-0.3, -0.25) is 4.90 Å². The van der Waals surface area contributed by atoms with Gasteiger partial charge in [0.15, 0.2) is 11.5 Å². The number of nitrogens with zero attached hydrogens (tertiary/aromatic N) is 3. The fraction of sp³-hybridized carbons (Fsp3) is 0.462. The number of aromatic nitrogens is 2. The SMILES string of the molecule is NC1CCN(Cc2cn3cccc(F)c3n2)CC1. The largest absolute Gasteiger partial charge is 0.328 e. The van der Waals surface area contributed by atoms with Gasteiger partial charge in [-0.15, -0.1) is 0 Å². The van der Waals surface area contributed by atoms with E-state index in [1.807, 2.05) is 12.4 Å². The normalized spacial score (nSPS) is 18.6. The lowest BCUT2D eigenvalue weighted by Crippen LogP contribution is -2.39. The minimum atomic E-state index is -0.274. The lowest BCUT2D eigenvalue weighted by Gasteiger charge is -2.29. The van der Waals surface area contributed by atoms with Crippen LogP contribution in [0, 0.1) is 5.82 Å². The van der Waals surface area contributed by atoms with Crippen molar-refractivity contribution in [2.45, 2.75) is 25.4 Å². The predicted octanol–water partition coefficient (Wildman–Crippen LogP) is 1.40. The van der Waals surface area contributed by atoms with Gasteiger partial charge in [-0.2, -0.15) is 0 Å². The van der Waals surface area contributed by atoms with Crippen molar-refractivity contribution in [3.8, 4) is 0 Å². The summed E-state index contributed by atoms with van der Waals surface area (Å²) in [5, 5.41) is 0. The maximum atomic E-state index is 13.5. The van der Waals surface area contributed by atoms with Crippen LogP contribution in [0.2, 0.25) is 0 Å². The molecule has 0 aromatic carbocycles. The van der Waals surface area contributed by atoms with Crippen molar-refractivity contribution in [3.63, 3.8) is 0 Å². The lowest BCUT2D eigenvalue weighted by molar-refractivity contribution is 0.204. The second-order valence-electron chi connectivity index (χ2n) is 4.93. The molecule has 0 radical (unpaired) electrons. The topological polar surface area (TPSA) is 46.6 Å². The summed E-state index contributed by atoms with van der Waals surface area (Å²) in [4.78, 5) is 6.66. The van der Waals surface area contributed by atoms with Crippen LogP contribution in [0.15, 0.2) is 24.5 Å². The van der Waals surface area contributed by atoms with E-state index in [0.29, 0.717) is 11.7 Å². The van der Waals surface area contributed by atoms with Gasteiger partial charge in [-0.05, 0) is 25.0 Å². The molecule has 1 fully saturated rings. The molecule has 4 nitrogen and oxygen atoms in total. The third kappa shape index (κ3) is 2.23. The summed E-state index contributed by atoms with van der Waals surface area (Å²) in [6.07, 6.45) is 5.78. The molecule has 2 N–H and O–H groups in total. The van der Waals surface area contributed by atoms with Crippen LogP contribution in [0.25, 0.3) is 5.65 Å². The molecule has 0 unspecified atom stereocenters. The first kappa shape index (κ1) is 11.6. The van der Waals surface area contributed by atoms with Crippen molar-refractivity contribution in [2.75, 3.05) is 13.1 Å². The van der Waals surface area contributed by atoms with Gasteiger partial charge in [0.05, 0.1) is 5.69 Å². The summed E-state index contributed by atoms with van der Waals surface area (Å²) in [5.41, 5.74) is 7.19. The molecule has 3 rings (SSSR count). The van der Waals surface area contributed by atoms with Gasteiger partial charge in [0.1, 0.15) is 0 Å². The van der Waals surface area contributed by atoms with Crippen LogP contribution in [-0.2, 0) is 6.54 Å². The smallest absolute Gasteiger partial charge is 0.173 e. The molecule has 3 heterocycles. The number of piperidine rings is 1. The van der Waals surface area contributed by atoms with E-state index < -0.39 is 0 Å². The summed E-state index contributed by atoms with van der Waals surface area (Å²) in [7, 11) is 0. The van der Waals surface area contributed by atoms with E-state index in [4.69, 9.17) is 5.73 Å². The monoisotopic (exact) mass is 248 g/mol. The zero-order valence-corrected chi connectivity index (χ0v) is 10.2. The average Bonchev–Trinajstić information content (AvgIpc) is 2.76. The highest BCUT2D eigenvalue weighted by Crippen LogP contribution is 2.14. The Morgan fingerprint density at radius 1 is 1.39 bits per heavy atom. The number of fused-ring (bicyclic) bond motifs is 1. The highest BCUT2D eigenvalue weighted by Gasteiger charge is 2.17. The Kier molecular flexibility index (Phi) is 3.01. The Bertz CT molecular complexity index is 543. The number of pyridine rings is 1. The second-order valence-corrected chi connectivity index (χ2v) is 4.93. The summed E-state index contributed by atoms with van der Waals surface area (Å²) in [6.45, 7) is 2.77. The Labute approximate surface area is 105 Å². The van der Waals surface area contributed by atoms with E-state index in [-0.39, 0.29) is 5.82 Å². The molecule has 1 saturated heterocycles. The summed E-state index contributed by atoms with van der Waals surface area (Å²) in [6, 6.07) is 3.46. The van der Waals surface area contributed by atoms with Crippen LogP contribution in [0.3, 0.4) is 0 Å². The standard InChI is InChI=1S/C13H17FN4/c14-12-2-1-5-18-9-11(16-13(12)18)8-17-6-3-10(15)4-7-17/h1-2,5,9-10H,3-4,6-8,15H2. The van der Waals surface area contributed by atoms with Crippen molar-refractivity contribution in [2.24, 2.45) is 5.73 Å². The highest BCUT2D eigenvalue weighted by atomic mass is 19.1. The van der Waals surface area contributed by atoms with Crippen LogP contribution >= 0.6 is 0 Å². The molecule has 0 saturated carbocycles. The average molecular weight is 248 g/mol. The number of rotatable bonds is 2. The van der Waals surface area contributed by atoms with Crippen molar-refractivity contribution in [1.29, 1.82) is 0 Å². The van der Waals surface area contributed by atoms with Crippen molar-refractivity contribution < 1.29 is 4.39 Å². The molecule has 0 aliphatic carbocycles. The number of halogens is 1. The maximum absolute atomic E-state index is 13.5. The zero-order chi connectivity index (χ0) is 12.5. The van der Waals surface area contributed by atoms with Gasteiger partial charge < -0.3 is 10.1 Å². The van der Waals surface area contributed by atoms with Crippen molar-refractivity contribution >= 4 is 5.65 Å². The second kappa shape index (κ2) is 4.66. The molecule has 0 atom stereocenters. The van der Waals surface area contributed by atoms with Gasteiger partial charge in [0, 0.05) is 38.1 Å². The Hall–Kier alpha value is -1.46. The molecule has 0 bridgehead atoms. The molecule has 2 aromatic rings. The lowest BCUT2D eigenvalue weighted by atomic mass is 10.1. The fourth-order valence-electron chi connectivity index (χ4n) is 2.45. The molecule has 1 aliphatic rings. The van der Waals surface area contributed by atoms with E-state index >= 15 is 0 Å². The minimum Gasteiger partial charge on any atom is -0.328 e. The molecule has 1 aliphatic heterocycles. The third-order valence-corrected chi connectivity index (χ3v) is 3.50. The van der Waals surface area contributed by atoms with Crippen LogP contribution < -0.4 is 5.73 Å². The predicted molar refractivity (Wildman–Crippen MR) is 67.6 cm³/mol. The fourth-order valence-corrected chi connectivity index (χ4v) is 2.45. The number of likely N-dealkylation sites (tertiary alicyclic amines) is 1. The van der Waals surface area contributed by atoms with Crippen LogP contribution in [0.5, 0.6) is 0 Å². The van der Waals surface area contributed by atoms with E-state index in [0.717, 1.165) is 38.2 Å². The van der Waals surface area contributed by atoms with Crippen LogP contribution in [-0.4, -0.2) is 33.4 Å². The van der Waals surface area contributed by atoms with Crippen LogP contribution in [0.4, 0.5) is 4.39 Å². The van der Waals surface area contributed by atoms with Gasteiger partial charge in [0.2, 0.25) is 0 Å². The Morgan fingerprint density at radius 2 is 2.17 bits per heavy atom. The van der Waals surface area contributed by atoms with Gasteiger partial charge in [0.25, 0.3) is 0 Å². The van der Waals surface area contributed by atoms with Crippen LogP contribution in [0.1, 0.15) is 18.5 Å². The summed E-state index contributed by atoms with van der Waals surface area (Å²) >= 11 is 0. The first-order valence-corrected chi connectivity index (χ1v) is 6.32. The number of hydrogen-bond donors (Lipinski definition) is 1. The molecular weight excluding hydrogens is 231 g/mol. The van der Waals surface area contributed by atoms with Gasteiger partial charge in [-0.1, -0.05) is 0 Å². The minimum absolute atomic E-state index is 0.274. The van der Waals surface area contributed by atoms with E-state index in [2.05, 4.69) is 9.88 Å². The van der Waals surface area contributed by atoms with Gasteiger partial charge >= 0.3 is 0 Å². The van der Waals surface area contributed by atoms with E-state index in [9.17, 15) is 4.39 Å². The Morgan fingerprint density at radius 3 is 2.89 bits per heavy atom. The maximum Gasteiger partial charge on any atom is 0.173 e. The molecule has 5 heteroatoms. The highest BCUT2D eigenvalue weighted by molar-refractivity contribution is 5.41. The van der Waals surface area contributed by atoms with Crippen molar-refractivity contribution in [3.05, 3.63) is 36.0 Å². The third-order valence-electron chi connectivity index (χ3n) is 3.50.